The summed E-state index contributed by atoms with van der Waals surface area (Å²) in [4.78, 5) is 2.41. The van der Waals surface area contributed by atoms with Crippen molar-refractivity contribution in [3.8, 4) is 0 Å². The Morgan fingerprint density at radius 2 is 2.00 bits per heavy atom. The summed E-state index contributed by atoms with van der Waals surface area (Å²) < 4.78 is 0. The summed E-state index contributed by atoms with van der Waals surface area (Å²) >= 11 is 0. The van der Waals surface area contributed by atoms with Gasteiger partial charge < -0.3 is 21.2 Å². The summed E-state index contributed by atoms with van der Waals surface area (Å²) in [6.45, 7) is 9.15. The Hall–Kier alpha value is -1.59. The van der Waals surface area contributed by atoms with E-state index in [9.17, 15) is 0 Å². The lowest BCUT2D eigenvalue weighted by Crippen LogP contribution is -2.37. The van der Waals surface area contributed by atoms with Gasteiger partial charge in [-0.15, -0.1) is 0 Å². The third kappa shape index (κ3) is 6.14. The molecule has 0 saturated heterocycles. The summed E-state index contributed by atoms with van der Waals surface area (Å²) in [6, 6.07) is 9.89. The molecule has 0 aromatic heterocycles. The van der Waals surface area contributed by atoms with Crippen LogP contribution in [0.25, 0.3) is 0 Å². The first-order valence-corrected chi connectivity index (χ1v) is 7.68. The Morgan fingerprint density at radius 3 is 2.57 bits per heavy atom. The van der Waals surface area contributed by atoms with Crippen molar-refractivity contribution >= 4 is 5.84 Å². The maximum Gasteiger partial charge on any atom is 0.147 e. The average Bonchev–Trinajstić information content (AvgIpc) is 2.54. The van der Waals surface area contributed by atoms with Crippen LogP contribution in [0.4, 0.5) is 0 Å². The molecule has 0 heterocycles. The number of rotatable bonds is 10. The molecule has 1 aromatic rings. The largest absolute Gasteiger partial charge is 0.409 e. The van der Waals surface area contributed by atoms with E-state index in [0.717, 1.165) is 31.7 Å². The van der Waals surface area contributed by atoms with E-state index in [1.54, 1.807) is 0 Å². The molecule has 0 radical (unpaired) electrons. The maximum atomic E-state index is 8.95. The van der Waals surface area contributed by atoms with Crippen LogP contribution in [0, 0.1) is 0 Å². The van der Waals surface area contributed by atoms with Crippen LogP contribution in [0.15, 0.2) is 35.5 Å². The Balaban J connectivity index is 2.48. The van der Waals surface area contributed by atoms with E-state index in [1.807, 2.05) is 30.3 Å². The Bertz CT molecular complexity index is 408. The Morgan fingerprint density at radius 1 is 1.29 bits per heavy atom. The zero-order valence-electron chi connectivity index (χ0n) is 13.1. The molecule has 1 rings (SSSR count). The van der Waals surface area contributed by atoms with Crippen LogP contribution in [-0.4, -0.2) is 48.7 Å². The number of nitrogens with zero attached hydrogens (tertiary/aromatic N) is 2. The zero-order valence-corrected chi connectivity index (χ0v) is 13.1. The number of oxime groups is 1. The molecule has 4 N–H and O–H groups in total. The van der Waals surface area contributed by atoms with Crippen molar-refractivity contribution in [3.05, 3.63) is 35.9 Å². The molecule has 0 bridgehead atoms. The van der Waals surface area contributed by atoms with Crippen molar-refractivity contribution in [2.24, 2.45) is 10.9 Å². The highest BCUT2D eigenvalue weighted by atomic mass is 16.4. The fourth-order valence-electron chi connectivity index (χ4n) is 2.38. The normalized spacial score (nSPS) is 13.6. The molecule has 0 aliphatic rings. The van der Waals surface area contributed by atoms with Gasteiger partial charge >= 0.3 is 0 Å². The molecule has 0 fully saturated rings. The first kappa shape index (κ1) is 17.5. The van der Waals surface area contributed by atoms with Gasteiger partial charge in [-0.2, -0.15) is 0 Å². The first-order chi connectivity index (χ1) is 10.2. The van der Waals surface area contributed by atoms with Gasteiger partial charge in [0, 0.05) is 19.6 Å². The maximum absolute atomic E-state index is 8.95. The highest BCUT2D eigenvalue weighted by molar-refractivity contribution is 5.87. The number of amidine groups is 1. The number of nitrogens with two attached hydrogens (primary N) is 1. The second kappa shape index (κ2) is 10.2. The summed E-state index contributed by atoms with van der Waals surface area (Å²) in [5.74, 6) is 0.145. The summed E-state index contributed by atoms with van der Waals surface area (Å²) in [6.07, 6.45) is 1.17. The van der Waals surface area contributed by atoms with Gasteiger partial charge in [-0.25, -0.2) is 0 Å². The van der Waals surface area contributed by atoms with Crippen molar-refractivity contribution in [1.29, 1.82) is 0 Å². The van der Waals surface area contributed by atoms with E-state index in [2.05, 4.69) is 29.2 Å². The van der Waals surface area contributed by atoms with Crippen molar-refractivity contribution in [2.45, 2.75) is 26.2 Å². The van der Waals surface area contributed by atoms with Crippen LogP contribution in [0.1, 0.15) is 31.7 Å². The van der Waals surface area contributed by atoms with Gasteiger partial charge in [0.05, 0.1) is 5.92 Å². The minimum absolute atomic E-state index is 0.0996. The molecule has 1 aromatic carbocycles. The van der Waals surface area contributed by atoms with Gasteiger partial charge in [-0.3, -0.25) is 0 Å². The van der Waals surface area contributed by atoms with Gasteiger partial charge in [0.15, 0.2) is 0 Å². The highest BCUT2D eigenvalue weighted by Gasteiger charge is 2.16. The number of likely N-dealkylation sites (N-methyl/N-ethyl adjacent to an activating group) is 1. The summed E-state index contributed by atoms with van der Waals surface area (Å²) in [5, 5.41) is 15.5. The van der Waals surface area contributed by atoms with Gasteiger partial charge in [0.1, 0.15) is 5.84 Å². The number of hydrogen-bond donors (Lipinski definition) is 3. The molecule has 0 aliphatic carbocycles. The molecule has 1 unspecified atom stereocenters. The van der Waals surface area contributed by atoms with Gasteiger partial charge in [0.2, 0.25) is 0 Å². The topological polar surface area (TPSA) is 73.9 Å². The molecular weight excluding hydrogens is 264 g/mol. The first-order valence-electron chi connectivity index (χ1n) is 7.68. The van der Waals surface area contributed by atoms with Crippen LogP contribution in [0.5, 0.6) is 0 Å². The molecule has 0 spiro atoms. The van der Waals surface area contributed by atoms with E-state index in [1.165, 1.54) is 6.42 Å². The average molecular weight is 292 g/mol. The second-order valence-corrected chi connectivity index (χ2v) is 5.13. The lowest BCUT2D eigenvalue weighted by Gasteiger charge is -2.21. The van der Waals surface area contributed by atoms with Gasteiger partial charge in [-0.1, -0.05) is 49.3 Å². The third-order valence-corrected chi connectivity index (χ3v) is 3.61. The number of hydrogen-bond acceptors (Lipinski definition) is 4. The third-order valence-electron chi connectivity index (χ3n) is 3.61. The van der Waals surface area contributed by atoms with E-state index in [-0.39, 0.29) is 11.8 Å². The highest BCUT2D eigenvalue weighted by Crippen LogP contribution is 2.14. The van der Waals surface area contributed by atoms with E-state index >= 15 is 0 Å². The van der Waals surface area contributed by atoms with Crippen molar-refractivity contribution in [2.75, 3.05) is 32.7 Å². The Kier molecular flexibility index (Phi) is 8.47. The zero-order chi connectivity index (χ0) is 15.5. The van der Waals surface area contributed by atoms with Gasteiger partial charge in [0.25, 0.3) is 0 Å². The molecule has 5 nitrogen and oxygen atoms in total. The molecule has 5 heteroatoms. The second-order valence-electron chi connectivity index (χ2n) is 5.13. The van der Waals surface area contributed by atoms with Crippen LogP contribution in [0.2, 0.25) is 0 Å². The molecule has 0 aliphatic heterocycles. The molecule has 0 saturated carbocycles. The van der Waals surface area contributed by atoms with E-state index in [4.69, 9.17) is 10.9 Å². The van der Waals surface area contributed by atoms with Crippen molar-refractivity contribution < 1.29 is 5.21 Å². The predicted octanol–water partition coefficient (Wildman–Crippen LogP) is 1.84. The molecule has 1 atom stereocenters. The quantitative estimate of drug-likeness (QED) is 0.202. The summed E-state index contributed by atoms with van der Waals surface area (Å²) in [7, 11) is 0. The lowest BCUT2D eigenvalue weighted by molar-refractivity contribution is 0.287. The number of benzene rings is 1. The van der Waals surface area contributed by atoms with Crippen LogP contribution in [-0.2, 0) is 0 Å². The van der Waals surface area contributed by atoms with Crippen LogP contribution < -0.4 is 11.1 Å². The number of nitrogens with one attached hydrogen (secondary N) is 1. The fraction of sp³-hybridized carbons (Fsp3) is 0.562. The van der Waals surface area contributed by atoms with Crippen LogP contribution in [0.3, 0.4) is 0 Å². The molecular formula is C16H28N4O. The molecule has 0 amide bonds. The predicted molar refractivity (Wildman–Crippen MR) is 87.9 cm³/mol. The standard InChI is InChI=1S/C16H28N4O/c1-3-11-20(4-2)12-10-18-13-15(16(17)19-21)14-8-6-5-7-9-14/h5-9,15,18,21H,3-4,10-13H2,1-2H3,(H2,17,19). The molecule has 118 valence electrons. The lowest BCUT2D eigenvalue weighted by atomic mass is 9.98. The molecule has 21 heavy (non-hydrogen) atoms. The summed E-state index contributed by atoms with van der Waals surface area (Å²) in [5.41, 5.74) is 6.87. The minimum Gasteiger partial charge on any atom is -0.409 e. The van der Waals surface area contributed by atoms with E-state index in [0.29, 0.717) is 6.54 Å². The van der Waals surface area contributed by atoms with Gasteiger partial charge in [-0.05, 0) is 25.1 Å². The fourth-order valence-corrected chi connectivity index (χ4v) is 2.38. The van der Waals surface area contributed by atoms with E-state index < -0.39 is 0 Å². The Labute approximate surface area is 127 Å². The minimum atomic E-state index is -0.0996. The van der Waals surface area contributed by atoms with Crippen molar-refractivity contribution in [1.82, 2.24) is 10.2 Å². The van der Waals surface area contributed by atoms with Crippen LogP contribution >= 0.6 is 0 Å². The smallest absolute Gasteiger partial charge is 0.147 e. The monoisotopic (exact) mass is 292 g/mol. The van der Waals surface area contributed by atoms with Crippen molar-refractivity contribution in [3.63, 3.8) is 0 Å². The SMILES string of the molecule is CCCN(CC)CCNCC(/C(N)=N/O)c1ccccc1.